The number of hydrogen-bond acceptors (Lipinski definition) is 4. The molecule has 1 aliphatic heterocycles. The first-order chi connectivity index (χ1) is 15.0. The fourth-order valence-corrected chi connectivity index (χ4v) is 3.53. The number of nitrogens with one attached hydrogen (secondary N) is 1. The molecule has 7 heteroatoms. The first-order valence-electron chi connectivity index (χ1n) is 9.79. The zero-order valence-electron chi connectivity index (χ0n) is 16.9. The van der Waals surface area contributed by atoms with E-state index in [1.807, 2.05) is 30.3 Å². The van der Waals surface area contributed by atoms with Crippen LogP contribution in [0.3, 0.4) is 0 Å². The number of rotatable bonds is 5. The normalized spacial score (nSPS) is 14.9. The third kappa shape index (κ3) is 4.64. The van der Waals surface area contributed by atoms with Gasteiger partial charge in [-0.1, -0.05) is 41.9 Å². The van der Waals surface area contributed by atoms with Crippen LogP contribution in [0.15, 0.2) is 72.8 Å². The number of benzene rings is 3. The van der Waals surface area contributed by atoms with E-state index in [2.05, 4.69) is 5.32 Å². The standard InChI is InChI=1S/C24H21ClN2O4/c1-30-19-10-7-16(8-11-19)14-26-23(28)22-15-27(24(29)17-5-3-2-4-6-17)20-13-18(25)9-12-21(20)31-22/h2-13,22H,14-15H2,1H3,(H,26,28)/t22-/m0/s1. The Balaban J connectivity index is 1.53. The lowest BCUT2D eigenvalue weighted by molar-refractivity contribution is -0.127. The summed E-state index contributed by atoms with van der Waals surface area (Å²) in [5.41, 5.74) is 1.99. The van der Waals surface area contributed by atoms with Crippen molar-refractivity contribution in [3.8, 4) is 11.5 Å². The third-order valence-electron chi connectivity index (χ3n) is 5.01. The third-order valence-corrected chi connectivity index (χ3v) is 5.25. The van der Waals surface area contributed by atoms with E-state index in [-0.39, 0.29) is 18.4 Å². The van der Waals surface area contributed by atoms with Gasteiger partial charge < -0.3 is 19.7 Å². The Kier molecular flexibility index (Phi) is 6.09. The fraction of sp³-hybridized carbons (Fsp3) is 0.167. The molecule has 0 radical (unpaired) electrons. The molecular formula is C24H21ClN2O4. The molecule has 0 spiro atoms. The topological polar surface area (TPSA) is 67.9 Å². The van der Waals surface area contributed by atoms with E-state index in [1.165, 1.54) is 4.90 Å². The lowest BCUT2D eigenvalue weighted by Gasteiger charge is -2.34. The van der Waals surface area contributed by atoms with Gasteiger partial charge in [0.05, 0.1) is 19.3 Å². The van der Waals surface area contributed by atoms with E-state index in [0.29, 0.717) is 28.6 Å². The van der Waals surface area contributed by atoms with Gasteiger partial charge in [-0.2, -0.15) is 0 Å². The van der Waals surface area contributed by atoms with E-state index in [0.717, 1.165) is 11.3 Å². The van der Waals surface area contributed by atoms with Crippen molar-refractivity contribution < 1.29 is 19.1 Å². The number of halogens is 1. The fourth-order valence-electron chi connectivity index (χ4n) is 3.37. The van der Waals surface area contributed by atoms with Crippen molar-refractivity contribution in [1.29, 1.82) is 0 Å². The summed E-state index contributed by atoms with van der Waals surface area (Å²) in [7, 11) is 1.60. The van der Waals surface area contributed by atoms with Gasteiger partial charge >= 0.3 is 0 Å². The Morgan fingerprint density at radius 2 is 1.84 bits per heavy atom. The predicted molar refractivity (Wildman–Crippen MR) is 119 cm³/mol. The summed E-state index contributed by atoms with van der Waals surface area (Å²) < 4.78 is 11.1. The van der Waals surface area contributed by atoms with Gasteiger partial charge in [0.25, 0.3) is 11.8 Å². The minimum Gasteiger partial charge on any atom is -0.497 e. The number of hydrogen-bond donors (Lipinski definition) is 1. The van der Waals surface area contributed by atoms with Gasteiger partial charge in [0.1, 0.15) is 11.5 Å². The Bertz CT molecular complexity index is 1090. The summed E-state index contributed by atoms with van der Waals surface area (Å²) >= 11 is 6.15. The highest BCUT2D eigenvalue weighted by Crippen LogP contribution is 2.36. The lowest BCUT2D eigenvalue weighted by Crippen LogP contribution is -2.50. The molecule has 31 heavy (non-hydrogen) atoms. The predicted octanol–water partition coefficient (Wildman–Crippen LogP) is 4.07. The van der Waals surface area contributed by atoms with E-state index in [9.17, 15) is 9.59 Å². The summed E-state index contributed by atoms with van der Waals surface area (Å²) in [5, 5.41) is 3.36. The molecule has 0 aliphatic carbocycles. The van der Waals surface area contributed by atoms with Crippen molar-refractivity contribution in [1.82, 2.24) is 5.32 Å². The zero-order chi connectivity index (χ0) is 21.8. The van der Waals surface area contributed by atoms with Crippen LogP contribution in [0.4, 0.5) is 5.69 Å². The van der Waals surface area contributed by atoms with Crippen LogP contribution in [0.1, 0.15) is 15.9 Å². The molecule has 2 amide bonds. The first kappa shape index (κ1) is 20.8. The minimum absolute atomic E-state index is 0.0789. The van der Waals surface area contributed by atoms with Crippen LogP contribution in [0.5, 0.6) is 11.5 Å². The van der Waals surface area contributed by atoms with Crippen molar-refractivity contribution in [2.75, 3.05) is 18.6 Å². The molecule has 4 rings (SSSR count). The van der Waals surface area contributed by atoms with Crippen molar-refractivity contribution in [3.05, 3.63) is 88.9 Å². The van der Waals surface area contributed by atoms with E-state index >= 15 is 0 Å². The molecule has 3 aromatic carbocycles. The van der Waals surface area contributed by atoms with Crippen LogP contribution in [-0.2, 0) is 11.3 Å². The smallest absolute Gasteiger partial charge is 0.263 e. The maximum Gasteiger partial charge on any atom is 0.263 e. The van der Waals surface area contributed by atoms with Crippen molar-refractivity contribution >= 4 is 29.1 Å². The van der Waals surface area contributed by atoms with Crippen LogP contribution in [0.25, 0.3) is 0 Å². The molecule has 0 saturated carbocycles. The molecule has 1 heterocycles. The Morgan fingerprint density at radius 3 is 2.55 bits per heavy atom. The highest BCUT2D eigenvalue weighted by molar-refractivity contribution is 6.31. The molecule has 158 valence electrons. The van der Waals surface area contributed by atoms with Crippen LogP contribution < -0.4 is 19.7 Å². The second-order valence-corrected chi connectivity index (χ2v) is 7.50. The monoisotopic (exact) mass is 436 g/mol. The number of anilines is 1. The Hall–Kier alpha value is -3.51. The minimum atomic E-state index is -0.848. The number of nitrogens with zero attached hydrogens (tertiary/aromatic N) is 1. The molecule has 0 fully saturated rings. The second kappa shape index (κ2) is 9.10. The molecular weight excluding hydrogens is 416 g/mol. The van der Waals surface area contributed by atoms with Gasteiger partial charge in [0, 0.05) is 17.1 Å². The molecule has 0 aromatic heterocycles. The summed E-state index contributed by atoms with van der Waals surface area (Å²) in [4.78, 5) is 27.6. The average Bonchev–Trinajstić information content (AvgIpc) is 2.82. The van der Waals surface area contributed by atoms with E-state index < -0.39 is 6.10 Å². The highest BCUT2D eigenvalue weighted by atomic mass is 35.5. The van der Waals surface area contributed by atoms with Crippen LogP contribution >= 0.6 is 11.6 Å². The summed E-state index contributed by atoms with van der Waals surface area (Å²) in [6, 6.07) is 21.3. The van der Waals surface area contributed by atoms with Crippen LogP contribution in [-0.4, -0.2) is 31.6 Å². The number of carbonyl (C=O) groups is 2. The Morgan fingerprint density at radius 1 is 1.10 bits per heavy atom. The molecule has 1 atom stereocenters. The first-order valence-corrected chi connectivity index (χ1v) is 10.2. The SMILES string of the molecule is COc1ccc(CNC(=O)[C@@H]2CN(C(=O)c3ccccc3)c3cc(Cl)ccc3O2)cc1. The van der Waals surface area contributed by atoms with Gasteiger partial charge in [0.15, 0.2) is 6.10 Å². The van der Waals surface area contributed by atoms with E-state index in [1.54, 1.807) is 49.6 Å². The number of amides is 2. The van der Waals surface area contributed by atoms with Crippen molar-refractivity contribution in [2.45, 2.75) is 12.6 Å². The molecule has 1 aliphatic rings. The molecule has 0 unspecified atom stereocenters. The van der Waals surface area contributed by atoms with Gasteiger partial charge in [-0.05, 0) is 48.0 Å². The number of fused-ring (bicyclic) bond motifs is 1. The largest absolute Gasteiger partial charge is 0.497 e. The molecule has 3 aromatic rings. The Labute approximate surface area is 185 Å². The quantitative estimate of drug-likeness (QED) is 0.654. The number of ether oxygens (including phenoxy) is 2. The number of methoxy groups -OCH3 is 1. The molecule has 0 saturated heterocycles. The second-order valence-electron chi connectivity index (χ2n) is 7.07. The lowest BCUT2D eigenvalue weighted by atomic mass is 10.1. The van der Waals surface area contributed by atoms with E-state index in [4.69, 9.17) is 21.1 Å². The summed E-state index contributed by atoms with van der Waals surface area (Å²) in [5.74, 6) is 0.656. The maximum absolute atomic E-state index is 13.2. The number of carbonyl (C=O) groups excluding carboxylic acids is 2. The molecule has 1 N–H and O–H groups in total. The average molecular weight is 437 g/mol. The molecule has 0 bridgehead atoms. The van der Waals surface area contributed by atoms with Gasteiger partial charge in [-0.15, -0.1) is 0 Å². The van der Waals surface area contributed by atoms with Gasteiger partial charge in [-0.25, -0.2) is 0 Å². The highest BCUT2D eigenvalue weighted by Gasteiger charge is 2.34. The van der Waals surface area contributed by atoms with Crippen LogP contribution in [0, 0.1) is 0 Å². The van der Waals surface area contributed by atoms with Crippen molar-refractivity contribution in [3.63, 3.8) is 0 Å². The van der Waals surface area contributed by atoms with Crippen LogP contribution in [0.2, 0.25) is 5.02 Å². The summed E-state index contributed by atoms with van der Waals surface area (Å²) in [6.45, 7) is 0.415. The van der Waals surface area contributed by atoms with Gasteiger partial charge in [0.2, 0.25) is 0 Å². The maximum atomic E-state index is 13.2. The van der Waals surface area contributed by atoms with Gasteiger partial charge in [-0.3, -0.25) is 9.59 Å². The zero-order valence-corrected chi connectivity index (χ0v) is 17.6. The molecule has 6 nitrogen and oxygen atoms in total. The summed E-state index contributed by atoms with van der Waals surface area (Å²) in [6.07, 6.45) is -0.848. The van der Waals surface area contributed by atoms with Crippen molar-refractivity contribution in [2.24, 2.45) is 0 Å².